The molecule has 0 saturated carbocycles. The van der Waals surface area contributed by atoms with E-state index < -0.39 is 0 Å². The number of aryl methyl sites for hydroxylation is 1. The number of likely N-dealkylation sites (tertiary alicyclic amines) is 1. The van der Waals surface area contributed by atoms with Crippen molar-refractivity contribution >= 4 is 34.2 Å². The zero-order chi connectivity index (χ0) is 21.7. The summed E-state index contributed by atoms with van der Waals surface area (Å²) in [6, 6.07) is 8.07. The third kappa shape index (κ3) is 3.07. The molecular formula is C23H22N6O2. The second kappa shape index (κ2) is 7.09. The molecule has 0 unspecified atom stereocenters. The zero-order valence-electron chi connectivity index (χ0n) is 17.3. The maximum absolute atomic E-state index is 12.0. The molecular weight excluding hydrogens is 392 g/mol. The predicted molar refractivity (Wildman–Crippen MR) is 119 cm³/mol. The van der Waals surface area contributed by atoms with Crippen LogP contribution in [0, 0.1) is 6.92 Å². The van der Waals surface area contributed by atoms with Crippen LogP contribution in [0.15, 0.2) is 49.3 Å². The summed E-state index contributed by atoms with van der Waals surface area (Å²) >= 11 is 0. The van der Waals surface area contributed by atoms with Crippen LogP contribution in [0.2, 0.25) is 0 Å². The highest BCUT2D eigenvalue weighted by molar-refractivity contribution is 5.96. The maximum atomic E-state index is 12.0. The van der Waals surface area contributed by atoms with Gasteiger partial charge in [0.1, 0.15) is 11.5 Å². The average molecular weight is 414 g/mol. The van der Waals surface area contributed by atoms with Gasteiger partial charge in [-0.3, -0.25) is 19.1 Å². The number of anilines is 1. The molecule has 2 amide bonds. The lowest BCUT2D eigenvalue weighted by Gasteiger charge is -2.38. The smallest absolute Gasteiger partial charge is 0.245 e. The molecule has 3 aromatic heterocycles. The lowest BCUT2D eigenvalue weighted by atomic mass is 9.96. The molecule has 0 aliphatic carbocycles. The van der Waals surface area contributed by atoms with Crippen LogP contribution < -0.4 is 5.32 Å². The molecule has 5 rings (SSSR count). The van der Waals surface area contributed by atoms with Gasteiger partial charge in [-0.25, -0.2) is 4.98 Å². The molecule has 8 nitrogen and oxygen atoms in total. The molecule has 0 bridgehead atoms. The minimum absolute atomic E-state index is 0.0631. The van der Waals surface area contributed by atoms with E-state index in [2.05, 4.69) is 35.1 Å². The number of benzene rings is 1. The van der Waals surface area contributed by atoms with E-state index in [0.29, 0.717) is 18.9 Å². The number of pyridine rings is 1. The Morgan fingerprint density at radius 2 is 2.06 bits per heavy atom. The fraction of sp³-hybridized carbons (Fsp3) is 0.217. The summed E-state index contributed by atoms with van der Waals surface area (Å²) in [6.07, 6.45) is 5.15. The number of carbonyl (C=O) groups excluding carboxylic acids is 2. The van der Waals surface area contributed by atoms with Crippen LogP contribution in [0.5, 0.6) is 0 Å². The Hall–Kier alpha value is -3.94. The van der Waals surface area contributed by atoms with Gasteiger partial charge >= 0.3 is 0 Å². The number of nitrogens with zero attached hydrogens (tertiary/aromatic N) is 4. The summed E-state index contributed by atoms with van der Waals surface area (Å²) in [5.74, 6) is 0.456. The van der Waals surface area contributed by atoms with Gasteiger partial charge in [0.15, 0.2) is 0 Å². The molecule has 0 atom stereocenters. The molecule has 1 aliphatic heterocycles. The number of hydrogen-bond acceptors (Lipinski definition) is 4. The Kier molecular flexibility index (Phi) is 4.35. The van der Waals surface area contributed by atoms with Crippen molar-refractivity contribution in [2.75, 3.05) is 18.4 Å². The molecule has 8 heteroatoms. The summed E-state index contributed by atoms with van der Waals surface area (Å²) in [5.41, 5.74) is 5.72. The normalized spacial score (nSPS) is 14.1. The van der Waals surface area contributed by atoms with E-state index in [1.54, 1.807) is 4.90 Å². The van der Waals surface area contributed by atoms with Crippen molar-refractivity contribution in [3.63, 3.8) is 0 Å². The monoisotopic (exact) mass is 414 g/mol. The summed E-state index contributed by atoms with van der Waals surface area (Å²) < 4.78 is 1.92. The van der Waals surface area contributed by atoms with Gasteiger partial charge in [0, 0.05) is 37.5 Å². The first kappa shape index (κ1) is 19.0. The minimum Gasteiger partial charge on any atom is -0.338 e. The predicted octanol–water partition coefficient (Wildman–Crippen LogP) is 3.26. The fourth-order valence-corrected chi connectivity index (χ4v) is 4.26. The first-order valence-electron chi connectivity index (χ1n) is 10.1. The van der Waals surface area contributed by atoms with Gasteiger partial charge in [-0.15, -0.1) is 0 Å². The standard InChI is InChI=1S/C23H22N6O2/c1-4-20(31)28-10-16(11-28)22-23(25-14(3)30)29-12-15(6-8-19(29)26-22)21-13(2)5-7-18-17(21)9-24-27-18/h4-9,12,16H,1,10-11H2,2-3H3,(H,24,27)(H,25,30). The number of H-pyrrole nitrogens is 1. The highest BCUT2D eigenvalue weighted by Crippen LogP contribution is 2.35. The van der Waals surface area contributed by atoms with Crippen LogP contribution in [0.3, 0.4) is 0 Å². The summed E-state index contributed by atoms with van der Waals surface area (Å²) in [7, 11) is 0. The summed E-state index contributed by atoms with van der Waals surface area (Å²) in [6.45, 7) is 8.21. The number of imidazole rings is 1. The molecule has 1 saturated heterocycles. The molecule has 31 heavy (non-hydrogen) atoms. The molecule has 1 fully saturated rings. The first-order chi connectivity index (χ1) is 15.0. The van der Waals surface area contributed by atoms with Crippen molar-refractivity contribution in [3.8, 4) is 11.1 Å². The number of carbonyl (C=O) groups is 2. The van der Waals surface area contributed by atoms with Gasteiger partial charge in [-0.2, -0.15) is 5.10 Å². The van der Waals surface area contributed by atoms with Crippen molar-refractivity contribution in [1.29, 1.82) is 0 Å². The Balaban J connectivity index is 1.62. The Morgan fingerprint density at radius 1 is 1.26 bits per heavy atom. The molecule has 4 aromatic rings. The van der Waals surface area contributed by atoms with Crippen LogP contribution in [-0.4, -0.2) is 49.4 Å². The number of hydrogen-bond donors (Lipinski definition) is 2. The van der Waals surface area contributed by atoms with Gasteiger partial charge in [0.25, 0.3) is 0 Å². The summed E-state index contributed by atoms with van der Waals surface area (Å²) in [5, 5.41) is 11.2. The van der Waals surface area contributed by atoms with Gasteiger partial charge in [-0.05, 0) is 47.9 Å². The minimum atomic E-state index is -0.167. The van der Waals surface area contributed by atoms with E-state index in [-0.39, 0.29) is 17.7 Å². The van der Waals surface area contributed by atoms with Crippen LogP contribution >= 0.6 is 0 Å². The van der Waals surface area contributed by atoms with Crippen LogP contribution in [0.4, 0.5) is 5.82 Å². The Labute approximate surface area is 178 Å². The van der Waals surface area contributed by atoms with Crippen molar-refractivity contribution in [2.45, 2.75) is 19.8 Å². The molecule has 1 aromatic carbocycles. The van der Waals surface area contributed by atoms with Crippen LogP contribution in [0.1, 0.15) is 24.1 Å². The molecule has 156 valence electrons. The van der Waals surface area contributed by atoms with Gasteiger partial charge in [-0.1, -0.05) is 12.6 Å². The molecule has 2 N–H and O–H groups in total. The van der Waals surface area contributed by atoms with Crippen molar-refractivity contribution in [1.82, 2.24) is 24.5 Å². The molecule has 4 heterocycles. The zero-order valence-corrected chi connectivity index (χ0v) is 17.3. The van der Waals surface area contributed by atoms with E-state index in [0.717, 1.165) is 38.9 Å². The van der Waals surface area contributed by atoms with E-state index in [1.807, 2.05) is 35.0 Å². The topological polar surface area (TPSA) is 95.4 Å². The Bertz CT molecular complexity index is 1360. The quantitative estimate of drug-likeness (QED) is 0.501. The lowest BCUT2D eigenvalue weighted by Crippen LogP contribution is -2.48. The van der Waals surface area contributed by atoms with E-state index in [1.165, 1.54) is 13.0 Å². The van der Waals surface area contributed by atoms with Gasteiger partial charge in [0.05, 0.1) is 17.4 Å². The fourth-order valence-electron chi connectivity index (χ4n) is 4.26. The second-order valence-corrected chi connectivity index (χ2v) is 7.91. The van der Waals surface area contributed by atoms with Crippen molar-refractivity contribution < 1.29 is 9.59 Å². The molecule has 0 spiro atoms. The SMILES string of the molecule is C=CC(=O)N1CC(c2nc3ccc(-c4c(C)ccc5[nH]ncc45)cn3c2NC(C)=O)C1. The largest absolute Gasteiger partial charge is 0.338 e. The third-order valence-electron chi connectivity index (χ3n) is 5.82. The lowest BCUT2D eigenvalue weighted by molar-refractivity contribution is -0.130. The van der Waals surface area contributed by atoms with E-state index in [4.69, 9.17) is 4.98 Å². The highest BCUT2D eigenvalue weighted by Gasteiger charge is 2.35. The van der Waals surface area contributed by atoms with Crippen molar-refractivity contribution in [2.24, 2.45) is 0 Å². The second-order valence-electron chi connectivity index (χ2n) is 7.91. The van der Waals surface area contributed by atoms with Gasteiger partial charge in [0.2, 0.25) is 11.8 Å². The number of fused-ring (bicyclic) bond motifs is 2. The number of rotatable bonds is 4. The molecule has 1 aliphatic rings. The number of nitrogens with one attached hydrogen (secondary N) is 2. The highest BCUT2D eigenvalue weighted by atomic mass is 16.2. The van der Waals surface area contributed by atoms with Crippen LogP contribution in [0.25, 0.3) is 27.7 Å². The number of aromatic nitrogens is 4. The third-order valence-corrected chi connectivity index (χ3v) is 5.82. The van der Waals surface area contributed by atoms with Crippen LogP contribution in [-0.2, 0) is 9.59 Å². The first-order valence-corrected chi connectivity index (χ1v) is 10.1. The average Bonchev–Trinajstić information content (AvgIpc) is 3.31. The Morgan fingerprint density at radius 3 is 2.81 bits per heavy atom. The van der Waals surface area contributed by atoms with Gasteiger partial charge < -0.3 is 10.2 Å². The maximum Gasteiger partial charge on any atom is 0.245 e. The van der Waals surface area contributed by atoms with Crippen molar-refractivity contribution in [3.05, 3.63) is 60.6 Å². The number of amides is 2. The summed E-state index contributed by atoms with van der Waals surface area (Å²) in [4.78, 5) is 30.3. The number of aromatic amines is 1. The van der Waals surface area contributed by atoms with E-state index in [9.17, 15) is 9.59 Å². The molecule has 0 radical (unpaired) electrons. The van der Waals surface area contributed by atoms with E-state index >= 15 is 0 Å².